The fourth-order valence-corrected chi connectivity index (χ4v) is 2.12. The smallest absolute Gasteiger partial charge is 0.331 e. The first kappa shape index (κ1) is 16.2. The first-order chi connectivity index (χ1) is 10.4. The van der Waals surface area contributed by atoms with Crippen LogP contribution in [0.5, 0.6) is 0 Å². The number of esters is 1. The molecule has 0 bridgehead atoms. The van der Waals surface area contributed by atoms with Crippen molar-refractivity contribution in [2.75, 3.05) is 0 Å². The molecular weight excluding hydrogens is 327 g/mol. The lowest BCUT2D eigenvalue weighted by Gasteiger charge is -2.08. The third-order valence-electron chi connectivity index (χ3n) is 2.59. The molecule has 0 radical (unpaired) electrons. The van der Waals surface area contributed by atoms with Crippen LogP contribution in [-0.2, 0) is 16.1 Å². The van der Waals surface area contributed by atoms with Crippen molar-refractivity contribution < 1.29 is 31.5 Å². The molecule has 116 valence electrons. The second-order valence-corrected chi connectivity index (χ2v) is 4.98. The van der Waals surface area contributed by atoms with Crippen molar-refractivity contribution in [3.63, 3.8) is 0 Å². The van der Waals surface area contributed by atoms with Crippen molar-refractivity contribution >= 4 is 23.4 Å². The Bertz CT molecular complexity index is 696. The summed E-state index contributed by atoms with van der Waals surface area (Å²) in [7, 11) is 0. The highest BCUT2D eigenvalue weighted by atomic mass is 32.1. The number of benzene rings is 1. The Balaban J connectivity index is 2.10. The molecule has 0 spiro atoms. The van der Waals surface area contributed by atoms with E-state index < -0.39 is 47.2 Å². The minimum Gasteiger partial charge on any atom is -0.457 e. The molecule has 0 aliphatic heterocycles. The third kappa shape index (κ3) is 3.33. The molecule has 0 fully saturated rings. The van der Waals surface area contributed by atoms with Crippen molar-refractivity contribution in [3.8, 4) is 0 Å². The number of thiophene rings is 1. The molecule has 1 aromatic carbocycles. The van der Waals surface area contributed by atoms with Gasteiger partial charge in [-0.2, -0.15) is 0 Å². The summed E-state index contributed by atoms with van der Waals surface area (Å²) in [5, 5.41) is 1.76. The van der Waals surface area contributed by atoms with Gasteiger partial charge < -0.3 is 4.74 Å². The Labute approximate surface area is 125 Å². The molecule has 0 unspecified atom stereocenters. The van der Waals surface area contributed by atoms with Crippen LogP contribution in [0.3, 0.4) is 0 Å². The van der Waals surface area contributed by atoms with E-state index in [1.165, 1.54) is 17.4 Å². The summed E-state index contributed by atoms with van der Waals surface area (Å²) in [4.78, 5) is 12.1. The maximum absolute atomic E-state index is 13.3. The Morgan fingerprint density at radius 3 is 2.18 bits per heavy atom. The zero-order chi connectivity index (χ0) is 16.3. The zero-order valence-corrected chi connectivity index (χ0v) is 11.5. The van der Waals surface area contributed by atoms with Crippen LogP contribution < -0.4 is 0 Å². The average Bonchev–Trinajstić information content (AvgIpc) is 3.02. The maximum atomic E-state index is 13.3. The van der Waals surface area contributed by atoms with E-state index in [-0.39, 0.29) is 0 Å². The molecule has 0 amide bonds. The lowest BCUT2D eigenvalue weighted by atomic mass is 10.2. The summed E-state index contributed by atoms with van der Waals surface area (Å²) in [6, 6.07) is 3.45. The van der Waals surface area contributed by atoms with Gasteiger partial charge in [-0.1, -0.05) is 6.07 Å². The standard InChI is InChI=1S/C14H7F5O2S/c15-10-8(11(16)13(18)14(19)12(10)17)6-21-9(20)4-3-7-2-1-5-22-7/h1-5H,6H2. The van der Waals surface area contributed by atoms with Gasteiger partial charge in [-0.25, -0.2) is 26.7 Å². The molecule has 1 aromatic heterocycles. The second kappa shape index (κ2) is 6.69. The van der Waals surface area contributed by atoms with Gasteiger partial charge in [0.25, 0.3) is 0 Å². The van der Waals surface area contributed by atoms with Gasteiger partial charge in [0.2, 0.25) is 5.82 Å². The van der Waals surface area contributed by atoms with Gasteiger partial charge in [0, 0.05) is 11.0 Å². The molecule has 2 rings (SSSR count). The van der Waals surface area contributed by atoms with E-state index in [0.29, 0.717) is 0 Å². The Morgan fingerprint density at radius 1 is 1.05 bits per heavy atom. The number of rotatable bonds is 4. The largest absolute Gasteiger partial charge is 0.457 e. The van der Waals surface area contributed by atoms with Gasteiger partial charge in [0.15, 0.2) is 23.3 Å². The molecular formula is C14H7F5O2S. The average molecular weight is 334 g/mol. The number of carbonyl (C=O) groups is 1. The molecule has 0 aliphatic carbocycles. The van der Waals surface area contributed by atoms with E-state index in [9.17, 15) is 26.7 Å². The number of carbonyl (C=O) groups excluding carboxylic acids is 1. The van der Waals surface area contributed by atoms with Crippen molar-refractivity contribution in [2.24, 2.45) is 0 Å². The van der Waals surface area contributed by atoms with Crippen LogP contribution in [0.15, 0.2) is 23.6 Å². The van der Waals surface area contributed by atoms with Crippen molar-refractivity contribution in [1.29, 1.82) is 0 Å². The zero-order valence-electron chi connectivity index (χ0n) is 10.7. The van der Waals surface area contributed by atoms with E-state index in [0.717, 1.165) is 11.0 Å². The third-order valence-corrected chi connectivity index (χ3v) is 3.42. The highest BCUT2D eigenvalue weighted by molar-refractivity contribution is 7.10. The molecule has 0 atom stereocenters. The summed E-state index contributed by atoms with van der Waals surface area (Å²) in [6.07, 6.45) is 2.38. The van der Waals surface area contributed by atoms with Gasteiger partial charge in [-0.15, -0.1) is 11.3 Å². The summed E-state index contributed by atoms with van der Waals surface area (Å²) < 4.78 is 69.9. The lowest BCUT2D eigenvalue weighted by molar-refractivity contribution is -0.139. The van der Waals surface area contributed by atoms with Crippen molar-refractivity contribution in [3.05, 3.63) is 63.1 Å². The Hall–Kier alpha value is -2.22. The molecule has 2 nitrogen and oxygen atoms in total. The Kier molecular flexibility index (Phi) is 4.92. The van der Waals surface area contributed by atoms with Gasteiger partial charge in [-0.05, 0) is 17.5 Å². The lowest BCUT2D eigenvalue weighted by Crippen LogP contribution is -2.10. The molecule has 0 saturated carbocycles. The molecule has 8 heteroatoms. The summed E-state index contributed by atoms with van der Waals surface area (Å²) in [6.45, 7) is -1.07. The first-order valence-corrected chi connectivity index (χ1v) is 6.68. The van der Waals surface area contributed by atoms with Crippen LogP contribution >= 0.6 is 11.3 Å². The fraction of sp³-hybridized carbons (Fsp3) is 0.0714. The molecule has 2 aromatic rings. The summed E-state index contributed by atoms with van der Waals surface area (Å²) in [5.41, 5.74) is -1.20. The maximum Gasteiger partial charge on any atom is 0.331 e. The van der Waals surface area contributed by atoms with E-state index >= 15 is 0 Å². The van der Waals surface area contributed by atoms with E-state index in [2.05, 4.69) is 4.74 Å². The van der Waals surface area contributed by atoms with E-state index in [1.807, 2.05) is 0 Å². The number of ether oxygens (including phenoxy) is 1. The van der Waals surface area contributed by atoms with Crippen molar-refractivity contribution in [2.45, 2.75) is 6.61 Å². The minimum atomic E-state index is -2.26. The monoisotopic (exact) mass is 334 g/mol. The fourth-order valence-electron chi connectivity index (χ4n) is 1.50. The van der Waals surface area contributed by atoms with Crippen LogP contribution in [0.4, 0.5) is 22.0 Å². The Morgan fingerprint density at radius 2 is 1.64 bits per heavy atom. The highest BCUT2D eigenvalue weighted by Gasteiger charge is 2.26. The van der Waals surface area contributed by atoms with Gasteiger partial charge >= 0.3 is 5.97 Å². The van der Waals surface area contributed by atoms with Crippen LogP contribution in [0.2, 0.25) is 0 Å². The SMILES string of the molecule is O=C(C=Cc1cccs1)OCc1c(F)c(F)c(F)c(F)c1F. The number of hydrogen-bond acceptors (Lipinski definition) is 3. The molecule has 1 heterocycles. The van der Waals surface area contributed by atoms with Gasteiger partial charge in [0.05, 0.1) is 5.56 Å². The van der Waals surface area contributed by atoms with E-state index in [1.54, 1.807) is 17.5 Å². The summed E-state index contributed by atoms with van der Waals surface area (Å²) >= 11 is 1.33. The predicted molar refractivity (Wildman–Crippen MR) is 69.4 cm³/mol. The van der Waals surface area contributed by atoms with Crippen LogP contribution in [0.25, 0.3) is 6.08 Å². The molecule has 0 N–H and O–H groups in total. The first-order valence-electron chi connectivity index (χ1n) is 5.80. The normalized spacial score (nSPS) is 11.1. The number of hydrogen-bond donors (Lipinski definition) is 0. The topological polar surface area (TPSA) is 26.3 Å². The molecule has 0 aliphatic rings. The summed E-state index contributed by atoms with van der Waals surface area (Å²) in [5.74, 6) is -11.4. The van der Waals surface area contributed by atoms with Crippen LogP contribution in [0.1, 0.15) is 10.4 Å². The minimum absolute atomic E-state index is 0.730. The molecule has 22 heavy (non-hydrogen) atoms. The molecule has 0 saturated heterocycles. The van der Waals surface area contributed by atoms with Gasteiger partial charge in [-0.3, -0.25) is 0 Å². The quantitative estimate of drug-likeness (QED) is 0.275. The van der Waals surface area contributed by atoms with Gasteiger partial charge in [0.1, 0.15) is 6.61 Å². The van der Waals surface area contributed by atoms with Crippen molar-refractivity contribution in [1.82, 2.24) is 0 Å². The highest BCUT2D eigenvalue weighted by Crippen LogP contribution is 2.23. The van der Waals surface area contributed by atoms with Crippen LogP contribution in [-0.4, -0.2) is 5.97 Å². The number of halogens is 5. The predicted octanol–water partition coefficient (Wildman–Crippen LogP) is 4.20. The second-order valence-electron chi connectivity index (χ2n) is 4.00. The van der Waals surface area contributed by atoms with E-state index in [4.69, 9.17) is 0 Å². The van der Waals surface area contributed by atoms with Crippen LogP contribution in [0, 0.1) is 29.1 Å².